The minimum Gasteiger partial charge on any atom is -0.377 e. The molecule has 1 amide bonds. The van der Waals surface area contributed by atoms with Crippen LogP contribution in [0.5, 0.6) is 0 Å². The van der Waals surface area contributed by atoms with Crippen molar-refractivity contribution in [1.29, 1.82) is 0 Å². The van der Waals surface area contributed by atoms with E-state index in [2.05, 4.69) is 17.2 Å². The number of nitrogens with one attached hydrogen (secondary N) is 1. The molecule has 0 radical (unpaired) electrons. The van der Waals surface area contributed by atoms with Gasteiger partial charge in [-0.1, -0.05) is 6.92 Å². The number of rotatable bonds is 8. The first-order valence-corrected chi connectivity index (χ1v) is 7.11. The summed E-state index contributed by atoms with van der Waals surface area (Å²) in [4.78, 5) is 18.1. The van der Waals surface area contributed by atoms with Crippen molar-refractivity contribution in [1.82, 2.24) is 9.88 Å². The van der Waals surface area contributed by atoms with Crippen LogP contribution >= 0.6 is 0 Å². The van der Waals surface area contributed by atoms with Crippen LogP contribution in [-0.2, 0) is 4.74 Å². The number of nitrogens with zero attached hydrogens (tertiary/aromatic N) is 2. The molecule has 0 fully saturated rings. The van der Waals surface area contributed by atoms with E-state index < -0.39 is 0 Å². The first-order valence-electron chi connectivity index (χ1n) is 7.11. The quantitative estimate of drug-likeness (QED) is 0.794. The lowest BCUT2D eigenvalue weighted by atomic mass is 10.2. The normalized spacial score (nSPS) is 10.7. The zero-order valence-corrected chi connectivity index (χ0v) is 12.8. The minimum atomic E-state index is -0.0145. The van der Waals surface area contributed by atoms with Crippen LogP contribution < -0.4 is 5.32 Å². The topological polar surface area (TPSA) is 54.5 Å². The Labute approximate surface area is 121 Å². The highest BCUT2D eigenvalue weighted by atomic mass is 16.5. The van der Waals surface area contributed by atoms with Gasteiger partial charge in [-0.15, -0.1) is 0 Å². The summed E-state index contributed by atoms with van der Waals surface area (Å²) in [5.74, 6) is 0.726. The van der Waals surface area contributed by atoms with Gasteiger partial charge in [0.25, 0.3) is 5.91 Å². The highest BCUT2D eigenvalue weighted by molar-refractivity contribution is 5.94. The molecule has 0 atom stereocenters. The summed E-state index contributed by atoms with van der Waals surface area (Å²) in [7, 11) is 1.78. The maximum atomic E-state index is 12.3. The standard InChI is InChI=1S/C15H25N3O2/c1-5-7-16-14-11-13(6-8-17-14)15(19)18(4)9-10-20-12(2)3/h6,8,11-12H,5,7,9-10H2,1-4H3,(H,16,17). The average Bonchev–Trinajstić information content (AvgIpc) is 2.44. The SMILES string of the molecule is CCCNc1cc(C(=O)N(C)CCOC(C)C)ccn1. The summed E-state index contributed by atoms with van der Waals surface area (Å²) in [5, 5.41) is 3.18. The molecule has 0 aliphatic carbocycles. The van der Waals surface area contributed by atoms with Crippen LogP contribution in [0.15, 0.2) is 18.3 Å². The highest BCUT2D eigenvalue weighted by Crippen LogP contribution is 2.09. The summed E-state index contributed by atoms with van der Waals surface area (Å²) in [6.45, 7) is 8.03. The molecule has 1 heterocycles. The Kier molecular flexibility index (Phi) is 7.01. The van der Waals surface area contributed by atoms with E-state index in [0.717, 1.165) is 18.8 Å². The molecule has 1 aromatic heterocycles. The van der Waals surface area contributed by atoms with Gasteiger partial charge in [0.2, 0.25) is 0 Å². The molecule has 0 saturated heterocycles. The zero-order chi connectivity index (χ0) is 15.0. The van der Waals surface area contributed by atoms with Gasteiger partial charge in [0.15, 0.2) is 0 Å². The number of likely N-dealkylation sites (N-methyl/N-ethyl adjacent to an activating group) is 1. The fourth-order valence-electron chi connectivity index (χ4n) is 1.66. The largest absolute Gasteiger partial charge is 0.377 e. The van der Waals surface area contributed by atoms with Gasteiger partial charge >= 0.3 is 0 Å². The molecule has 0 bridgehead atoms. The van der Waals surface area contributed by atoms with Crippen molar-refractivity contribution in [2.24, 2.45) is 0 Å². The van der Waals surface area contributed by atoms with Crippen LogP contribution in [0, 0.1) is 0 Å². The monoisotopic (exact) mass is 279 g/mol. The molecule has 1 N–H and O–H groups in total. The molecule has 0 unspecified atom stereocenters. The van der Waals surface area contributed by atoms with Crippen LogP contribution in [0.3, 0.4) is 0 Å². The molecule has 0 aromatic carbocycles. The lowest BCUT2D eigenvalue weighted by Gasteiger charge is -2.18. The van der Waals surface area contributed by atoms with Gasteiger partial charge in [-0.3, -0.25) is 4.79 Å². The first-order chi connectivity index (χ1) is 9.54. The van der Waals surface area contributed by atoms with Crippen LogP contribution in [-0.4, -0.2) is 48.6 Å². The van der Waals surface area contributed by atoms with E-state index in [1.54, 1.807) is 30.3 Å². The van der Waals surface area contributed by atoms with E-state index in [1.165, 1.54) is 0 Å². The number of amides is 1. The molecule has 0 spiro atoms. The third kappa shape index (κ3) is 5.57. The Bertz CT molecular complexity index is 421. The van der Waals surface area contributed by atoms with Crippen molar-refractivity contribution in [2.75, 3.05) is 32.1 Å². The summed E-state index contributed by atoms with van der Waals surface area (Å²) in [6.07, 6.45) is 2.86. The zero-order valence-electron chi connectivity index (χ0n) is 12.8. The summed E-state index contributed by atoms with van der Waals surface area (Å²) in [5.41, 5.74) is 0.644. The maximum absolute atomic E-state index is 12.3. The van der Waals surface area contributed by atoms with E-state index >= 15 is 0 Å². The van der Waals surface area contributed by atoms with Crippen molar-refractivity contribution >= 4 is 11.7 Å². The molecule has 5 nitrogen and oxygen atoms in total. The number of hydrogen-bond acceptors (Lipinski definition) is 4. The van der Waals surface area contributed by atoms with Crippen molar-refractivity contribution < 1.29 is 9.53 Å². The smallest absolute Gasteiger partial charge is 0.253 e. The fourth-order valence-corrected chi connectivity index (χ4v) is 1.66. The second kappa shape index (κ2) is 8.53. The number of hydrogen-bond donors (Lipinski definition) is 1. The highest BCUT2D eigenvalue weighted by Gasteiger charge is 2.12. The summed E-state index contributed by atoms with van der Waals surface area (Å²) in [6, 6.07) is 3.52. The molecule has 112 valence electrons. The van der Waals surface area contributed by atoms with Crippen LogP contribution in [0.2, 0.25) is 0 Å². The second-order valence-corrected chi connectivity index (χ2v) is 5.00. The van der Waals surface area contributed by atoms with Gasteiger partial charge in [-0.25, -0.2) is 4.98 Å². The number of pyridine rings is 1. The fraction of sp³-hybridized carbons (Fsp3) is 0.600. The Morgan fingerprint density at radius 1 is 1.50 bits per heavy atom. The van der Waals surface area contributed by atoms with Crippen LogP contribution in [0.1, 0.15) is 37.6 Å². The predicted octanol–water partition coefficient (Wildman–Crippen LogP) is 2.40. The first kappa shape index (κ1) is 16.4. The number of aromatic nitrogens is 1. The third-order valence-electron chi connectivity index (χ3n) is 2.79. The van der Waals surface area contributed by atoms with E-state index in [-0.39, 0.29) is 12.0 Å². The average molecular weight is 279 g/mol. The molecule has 0 saturated carbocycles. The third-order valence-corrected chi connectivity index (χ3v) is 2.79. The summed E-state index contributed by atoms with van der Waals surface area (Å²) >= 11 is 0. The molecule has 20 heavy (non-hydrogen) atoms. The molecule has 1 aromatic rings. The van der Waals surface area contributed by atoms with E-state index in [4.69, 9.17) is 4.74 Å². The molecule has 0 aliphatic heterocycles. The van der Waals surface area contributed by atoms with Crippen molar-refractivity contribution in [3.05, 3.63) is 23.9 Å². The molecule has 0 aliphatic rings. The predicted molar refractivity (Wildman–Crippen MR) is 81.1 cm³/mol. The van der Waals surface area contributed by atoms with Gasteiger partial charge in [0, 0.05) is 31.9 Å². The van der Waals surface area contributed by atoms with Gasteiger partial charge in [0.1, 0.15) is 5.82 Å². The number of anilines is 1. The van der Waals surface area contributed by atoms with E-state index in [1.807, 2.05) is 13.8 Å². The maximum Gasteiger partial charge on any atom is 0.253 e. The number of carbonyl (C=O) groups excluding carboxylic acids is 1. The Hall–Kier alpha value is -1.62. The van der Waals surface area contributed by atoms with Gasteiger partial charge in [-0.2, -0.15) is 0 Å². The van der Waals surface area contributed by atoms with Crippen LogP contribution in [0.25, 0.3) is 0 Å². The Morgan fingerprint density at radius 3 is 2.90 bits per heavy atom. The van der Waals surface area contributed by atoms with E-state index in [9.17, 15) is 4.79 Å². The number of carbonyl (C=O) groups is 1. The van der Waals surface area contributed by atoms with Crippen molar-refractivity contribution in [3.63, 3.8) is 0 Å². The van der Waals surface area contributed by atoms with Crippen molar-refractivity contribution in [2.45, 2.75) is 33.3 Å². The van der Waals surface area contributed by atoms with E-state index in [0.29, 0.717) is 18.7 Å². The Balaban J connectivity index is 2.57. The van der Waals surface area contributed by atoms with Crippen molar-refractivity contribution in [3.8, 4) is 0 Å². The van der Waals surface area contributed by atoms with Crippen LogP contribution in [0.4, 0.5) is 5.82 Å². The van der Waals surface area contributed by atoms with Gasteiger partial charge < -0.3 is 15.0 Å². The molecule has 1 rings (SSSR count). The second-order valence-electron chi connectivity index (χ2n) is 5.00. The lowest BCUT2D eigenvalue weighted by molar-refractivity contribution is 0.0532. The lowest BCUT2D eigenvalue weighted by Crippen LogP contribution is -2.30. The number of ether oxygens (including phenoxy) is 1. The molecular formula is C15H25N3O2. The van der Waals surface area contributed by atoms with Gasteiger partial charge in [-0.05, 0) is 32.4 Å². The van der Waals surface area contributed by atoms with Gasteiger partial charge in [0.05, 0.1) is 12.7 Å². The summed E-state index contributed by atoms with van der Waals surface area (Å²) < 4.78 is 5.46. The minimum absolute atomic E-state index is 0.0145. The molecular weight excluding hydrogens is 254 g/mol. The molecule has 5 heteroatoms. The Morgan fingerprint density at radius 2 is 2.25 bits per heavy atom.